The first-order valence-corrected chi connectivity index (χ1v) is 9.12. The van der Waals surface area contributed by atoms with Crippen molar-refractivity contribution in [3.05, 3.63) is 78.8 Å². The smallest absolute Gasteiger partial charge is 0.135 e. The van der Waals surface area contributed by atoms with E-state index in [-0.39, 0.29) is 0 Å². The summed E-state index contributed by atoms with van der Waals surface area (Å²) in [5.74, 6) is 2.38. The van der Waals surface area contributed by atoms with Crippen LogP contribution in [0.5, 0.6) is 5.75 Å². The molecule has 0 atom stereocenters. The molecule has 0 unspecified atom stereocenters. The molecule has 6 nitrogen and oxygen atoms in total. The fourth-order valence-electron chi connectivity index (χ4n) is 3.10. The molecule has 0 amide bonds. The van der Waals surface area contributed by atoms with Crippen molar-refractivity contribution in [3.8, 4) is 5.75 Å². The normalized spacial score (nSPS) is 10.6. The number of methoxy groups -OCH3 is 1. The van der Waals surface area contributed by atoms with Crippen LogP contribution in [0.25, 0.3) is 10.9 Å². The van der Waals surface area contributed by atoms with Gasteiger partial charge in [0, 0.05) is 24.2 Å². The molecule has 2 aromatic heterocycles. The Bertz CT molecular complexity index is 1080. The van der Waals surface area contributed by atoms with Gasteiger partial charge < -0.3 is 15.4 Å². The summed E-state index contributed by atoms with van der Waals surface area (Å²) < 4.78 is 5.40. The number of nitrogens with zero attached hydrogens (tertiary/aromatic N) is 3. The lowest BCUT2D eigenvalue weighted by atomic mass is 10.1. The summed E-state index contributed by atoms with van der Waals surface area (Å²) in [6.07, 6.45) is 4.18. The Labute approximate surface area is 163 Å². The lowest BCUT2D eigenvalue weighted by Crippen LogP contribution is -2.08. The molecule has 140 valence electrons. The van der Waals surface area contributed by atoms with Crippen LogP contribution >= 0.6 is 0 Å². The summed E-state index contributed by atoms with van der Waals surface area (Å²) in [7, 11) is 1.69. The number of fused-ring (bicyclic) bond motifs is 1. The van der Waals surface area contributed by atoms with Gasteiger partial charge in [0.15, 0.2) is 0 Å². The molecular weight excluding hydrogens is 350 g/mol. The third kappa shape index (κ3) is 4.01. The van der Waals surface area contributed by atoms with Gasteiger partial charge in [0.05, 0.1) is 18.3 Å². The van der Waals surface area contributed by atoms with E-state index in [2.05, 4.69) is 31.7 Å². The van der Waals surface area contributed by atoms with Crippen LogP contribution in [0.1, 0.15) is 5.56 Å². The number of pyridine rings is 1. The van der Waals surface area contributed by atoms with Gasteiger partial charge >= 0.3 is 0 Å². The lowest BCUT2D eigenvalue weighted by Gasteiger charge is -2.11. The number of hydrogen-bond acceptors (Lipinski definition) is 6. The Balaban J connectivity index is 1.44. The standard InChI is InChI=1S/C22H21N5O/c1-28-19-10-3-2-6-16(19)11-13-23-20-14-21(26-15-25-20)27-18-9-4-7-17-8-5-12-24-22(17)18/h2-10,12,14-15H,11,13H2,1H3,(H2,23,25,26,27). The van der Waals surface area contributed by atoms with Gasteiger partial charge in [0.25, 0.3) is 0 Å². The number of nitrogens with one attached hydrogen (secondary N) is 2. The van der Waals surface area contributed by atoms with E-state index >= 15 is 0 Å². The van der Waals surface area contributed by atoms with Crippen LogP contribution in [0, 0.1) is 0 Å². The first kappa shape index (κ1) is 17.7. The van der Waals surface area contributed by atoms with Gasteiger partial charge in [-0.1, -0.05) is 36.4 Å². The van der Waals surface area contributed by atoms with Crippen molar-refractivity contribution >= 4 is 28.2 Å². The first-order valence-electron chi connectivity index (χ1n) is 9.12. The van der Waals surface area contributed by atoms with Crippen LogP contribution in [0.2, 0.25) is 0 Å². The molecule has 0 aliphatic carbocycles. The molecule has 4 aromatic rings. The maximum absolute atomic E-state index is 5.40. The zero-order valence-corrected chi connectivity index (χ0v) is 15.6. The Kier molecular flexibility index (Phi) is 5.29. The zero-order chi connectivity index (χ0) is 19.2. The van der Waals surface area contributed by atoms with Crippen LogP contribution in [0.4, 0.5) is 17.3 Å². The first-order chi connectivity index (χ1) is 13.8. The molecule has 6 heteroatoms. The third-order valence-electron chi connectivity index (χ3n) is 4.46. The van der Waals surface area contributed by atoms with Crippen LogP contribution in [0.3, 0.4) is 0 Å². The quantitative estimate of drug-likeness (QED) is 0.501. The molecule has 4 rings (SSSR count). The van der Waals surface area contributed by atoms with Gasteiger partial charge in [-0.3, -0.25) is 4.98 Å². The van der Waals surface area contributed by atoms with E-state index in [1.807, 2.05) is 54.6 Å². The maximum atomic E-state index is 5.40. The summed E-state index contributed by atoms with van der Waals surface area (Å²) in [6.45, 7) is 0.743. The highest BCUT2D eigenvalue weighted by atomic mass is 16.5. The van der Waals surface area contributed by atoms with Crippen LogP contribution in [0.15, 0.2) is 73.2 Å². The average molecular weight is 371 g/mol. The molecule has 0 saturated heterocycles. The molecule has 0 saturated carbocycles. The SMILES string of the molecule is COc1ccccc1CCNc1cc(Nc2cccc3cccnc23)ncn1. The molecular formula is C22H21N5O. The highest BCUT2D eigenvalue weighted by molar-refractivity contribution is 5.91. The van der Waals surface area contributed by atoms with Crippen molar-refractivity contribution in [3.63, 3.8) is 0 Å². The Hall–Kier alpha value is -3.67. The van der Waals surface area contributed by atoms with E-state index in [4.69, 9.17) is 4.74 Å². The highest BCUT2D eigenvalue weighted by Crippen LogP contribution is 2.24. The molecule has 2 N–H and O–H groups in total. The molecule has 0 aliphatic heterocycles. The third-order valence-corrected chi connectivity index (χ3v) is 4.46. The Morgan fingerprint density at radius 3 is 2.68 bits per heavy atom. The summed E-state index contributed by atoms with van der Waals surface area (Å²) in [4.78, 5) is 13.1. The van der Waals surface area contributed by atoms with Gasteiger partial charge in [0.2, 0.25) is 0 Å². The van der Waals surface area contributed by atoms with Crippen molar-refractivity contribution in [1.82, 2.24) is 15.0 Å². The van der Waals surface area contributed by atoms with Gasteiger partial charge in [-0.05, 0) is 30.2 Å². The Morgan fingerprint density at radius 2 is 1.75 bits per heavy atom. The van der Waals surface area contributed by atoms with Gasteiger partial charge in [-0.2, -0.15) is 0 Å². The molecule has 0 fully saturated rings. The van der Waals surface area contributed by atoms with E-state index < -0.39 is 0 Å². The molecule has 0 spiro atoms. The molecule has 0 radical (unpaired) electrons. The van der Waals surface area contributed by atoms with Crippen molar-refractivity contribution in [2.45, 2.75) is 6.42 Å². The minimum Gasteiger partial charge on any atom is -0.496 e. The molecule has 28 heavy (non-hydrogen) atoms. The molecule has 2 heterocycles. The van der Waals surface area contributed by atoms with Crippen molar-refractivity contribution in [2.75, 3.05) is 24.3 Å². The van der Waals surface area contributed by atoms with Gasteiger partial charge in [-0.25, -0.2) is 9.97 Å². The number of rotatable bonds is 7. The lowest BCUT2D eigenvalue weighted by molar-refractivity contribution is 0.410. The highest BCUT2D eigenvalue weighted by Gasteiger charge is 2.05. The number of para-hydroxylation sites is 2. The number of aromatic nitrogens is 3. The number of ether oxygens (including phenoxy) is 1. The average Bonchev–Trinajstić information content (AvgIpc) is 2.75. The fourth-order valence-corrected chi connectivity index (χ4v) is 3.10. The number of anilines is 3. The predicted molar refractivity (Wildman–Crippen MR) is 112 cm³/mol. The van der Waals surface area contributed by atoms with E-state index in [0.29, 0.717) is 5.82 Å². The van der Waals surface area contributed by atoms with Crippen molar-refractivity contribution < 1.29 is 4.74 Å². The van der Waals surface area contributed by atoms with E-state index in [1.165, 1.54) is 0 Å². The minimum atomic E-state index is 0.716. The molecule has 2 aromatic carbocycles. The zero-order valence-electron chi connectivity index (χ0n) is 15.6. The van der Waals surface area contributed by atoms with Crippen molar-refractivity contribution in [1.29, 1.82) is 0 Å². The van der Waals surface area contributed by atoms with E-state index in [9.17, 15) is 0 Å². The fraction of sp³-hybridized carbons (Fsp3) is 0.136. The Morgan fingerprint density at radius 1 is 0.893 bits per heavy atom. The van der Waals surface area contributed by atoms with Crippen LogP contribution in [-0.2, 0) is 6.42 Å². The second kappa shape index (κ2) is 8.35. The van der Waals surface area contributed by atoms with Crippen LogP contribution in [-0.4, -0.2) is 28.6 Å². The van der Waals surface area contributed by atoms with Crippen molar-refractivity contribution in [2.24, 2.45) is 0 Å². The van der Waals surface area contributed by atoms with Gasteiger partial charge in [0.1, 0.15) is 23.7 Å². The topological polar surface area (TPSA) is 72.0 Å². The second-order valence-corrected chi connectivity index (χ2v) is 6.28. The minimum absolute atomic E-state index is 0.716. The van der Waals surface area contributed by atoms with Gasteiger partial charge in [-0.15, -0.1) is 0 Å². The number of benzene rings is 2. The summed E-state index contributed by atoms with van der Waals surface area (Å²) in [5.41, 5.74) is 2.98. The molecule has 0 bridgehead atoms. The predicted octanol–water partition coefficient (Wildman–Crippen LogP) is 4.43. The summed E-state index contributed by atoms with van der Waals surface area (Å²) in [6, 6.07) is 19.9. The van der Waals surface area contributed by atoms with E-state index in [0.717, 1.165) is 46.7 Å². The van der Waals surface area contributed by atoms with E-state index in [1.54, 1.807) is 19.6 Å². The largest absolute Gasteiger partial charge is 0.496 e. The maximum Gasteiger partial charge on any atom is 0.135 e. The second-order valence-electron chi connectivity index (χ2n) is 6.28. The summed E-state index contributed by atoms with van der Waals surface area (Å²) in [5, 5.41) is 7.77. The number of hydrogen-bond donors (Lipinski definition) is 2. The molecule has 0 aliphatic rings. The summed E-state index contributed by atoms with van der Waals surface area (Å²) >= 11 is 0. The van der Waals surface area contributed by atoms with Crippen LogP contribution < -0.4 is 15.4 Å². The monoisotopic (exact) mass is 371 g/mol.